The fourth-order valence-electron chi connectivity index (χ4n) is 5.72. The first-order valence-corrected chi connectivity index (χ1v) is 19.1. The molecule has 0 saturated carbocycles. The Morgan fingerprint density at radius 2 is 0.939 bits per heavy atom. The van der Waals surface area contributed by atoms with Gasteiger partial charge in [-0.15, -0.1) is 0 Å². The number of benzene rings is 2. The van der Waals surface area contributed by atoms with Gasteiger partial charge in [-0.3, -0.25) is 14.4 Å². The number of esters is 1. The molecule has 0 radical (unpaired) electrons. The van der Waals surface area contributed by atoms with Crippen LogP contribution >= 0.6 is 0 Å². The van der Waals surface area contributed by atoms with Gasteiger partial charge in [0.2, 0.25) is 0 Å². The molecule has 0 aliphatic carbocycles. The topological polar surface area (TPSA) is 114 Å². The molecular weight excluding hydrogens is 614 g/mol. The van der Waals surface area contributed by atoms with Gasteiger partial charge in [0.25, 0.3) is 17.7 Å². The van der Waals surface area contributed by atoms with Gasteiger partial charge in [0, 0.05) is 29.8 Å². The number of carbonyl (C=O) groups excluding carboxylic acids is 4. The van der Waals surface area contributed by atoms with Gasteiger partial charge in [-0.1, -0.05) is 147 Å². The summed E-state index contributed by atoms with van der Waals surface area (Å²) in [6.07, 6.45) is 19.6. The number of unbranched alkanes of at least 4 members (excludes halogenated alkanes) is 15. The van der Waals surface area contributed by atoms with E-state index in [0.717, 1.165) is 57.8 Å². The van der Waals surface area contributed by atoms with Crippen molar-refractivity contribution >= 4 is 23.7 Å². The Morgan fingerprint density at radius 1 is 0.531 bits per heavy atom. The highest BCUT2D eigenvalue weighted by atomic mass is 16.5. The van der Waals surface area contributed by atoms with Crippen molar-refractivity contribution in [3.63, 3.8) is 0 Å². The number of nitrogens with one attached hydrogen (secondary N) is 3. The second kappa shape index (κ2) is 26.2. The normalized spacial score (nSPS) is 11.5. The predicted octanol–water partition coefficient (Wildman–Crippen LogP) is 9.24. The first-order valence-electron chi connectivity index (χ1n) is 19.1. The van der Waals surface area contributed by atoms with Crippen LogP contribution in [0.2, 0.25) is 0 Å². The molecule has 49 heavy (non-hydrogen) atoms. The van der Waals surface area contributed by atoms with Gasteiger partial charge in [-0.05, 0) is 43.0 Å². The van der Waals surface area contributed by atoms with E-state index in [1.807, 2.05) is 6.07 Å². The SMILES string of the molecule is CCCCCCCCNC(=O)c1cc(C(=O)NCCCCCCCC)cc(C(=O)N[C@H](C(=O)OCCCCCCCC)c2ccccc2)c1. The van der Waals surface area contributed by atoms with Crippen LogP contribution in [-0.4, -0.2) is 43.4 Å². The largest absolute Gasteiger partial charge is 0.464 e. The smallest absolute Gasteiger partial charge is 0.333 e. The van der Waals surface area contributed by atoms with Gasteiger partial charge in [0.05, 0.1) is 6.61 Å². The molecule has 3 amide bonds. The molecule has 0 heterocycles. The zero-order valence-electron chi connectivity index (χ0n) is 30.6. The maximum atomic E-state index is 13.7. The molecule has 3 N–H and O–H groups in total. The summed E-state index contributed by atoms with van der Waals surface area (Å²) in [6.45, 7) is 7.85. The van der Waals surface area contributed by atoms with E-state index in [2.05, 4.69) is 36.7 Å². The van der Waals surface area contributed by atoms with E-state index in [4.69, 9.17) is 4.74 Å². The van der Waals surface area contributed by atoms with Crippen molar-refractivity contribution in [1.29, 1.82) is 0 Å². The summed E-state index contributed by atoms with van der Waals surface area (Å²) >= 11 is 0. The number of hydrogen-bond donors (Lipinski definition) is 3. The van der Waals surface area contributed by atoms with E-state index in [9.17, 15) is 19.2 Å². The molecule has 8 nitrogen and oxygen atoms in total. The molecule has 2 aromatic rings. The van der Waals surface area contributed by atoms with E-state index in [1.54, 1.807) is 24.3 Å². The van der Waals surface area contributed by atoms with Gasteiger partial charge in [0.1, 0.15) is 0 Å². The lowest BCUT2D eigenvalue weighted by molar-refractivity contribution is -0.146. The van der Waals surface area contributed by atoms with Crippen molar-refractivity contribution in [3.8, 4) is 0 Å². The molecule has 1 atom stereocenters. The molecule has 0 unspecified atom stereocenters. The second-order valence-electron chi connectivity index (χ2n) is 13.1. The van der Waals surface area contributed by atoms with Crippen LogP contribution < -0.4 is 16.0 Å². The molecule has 272 valence electrons. The van der Waals surface area contributed by atoms with E-state index in [-0.39, 0.29) is 35.1 Å². The lowest BCUT2D eigenvalue weighted by atomic mass is 10.0. The summed E-state index contributed by atoms with van der Waals surface area (Å²) in [5.41, 5.74) is 1.17. The van der Waals surface area contributed by atoms with E-state index < -0.39 is 17.9 Å². The van der Waals surface area contributed by atoms with Crippen molar-refractivity contribution in [2.45, 2.75) is 142 Å². The van der Waals surface area contributed by atoms with Crippen LogP contribution in [-0.2, 0) is 9.53 Å². The fraction of sp³-hybridized carbons (Fsp3) is 0.610. The molecular formula is C41H63N3O5. The average Bonchev–Trinajstić information content (AvgIpc) is 3.12. The van der Waals surface area contributed by atoms with E-state index in [1.165, 1.54) is 76.0 Å². The number of rotatable bonds is 27. The molecule has 8 heteroatoms. The average molecular weight is 678 g/mol. The van der Waals surface area contributed by atoms with Gasteiger partial charge < -0.3 is 20.7 Å². The third-order valence-corrected chi connectivity index (χ3v) is 8.74. The molecule has 0 aliphatic heterocycles. The highest BCUT2D eigenvalue weighted by Crippen LogP contribution is 2.18. The quantitative estimate of drug-likeness (QED) is 0.0644. The summed E-state index contributed by atoms with van der Waals surface area (Å²) < 4.78 is 5.62. The van der Waals surface area contributed by atoms with Crippen molar-refractivity contribution in [3.05, 3.63) is 70.8 Å². The van der Waals surface area contributed by atoms with Crippen LogP contribution in [0.15, 0.2) is 48.5 Å². The highest BCUT2D eigenvalue weighted by Gasteiger charge is 2.26. The van der Waals surface area contributed by atoms with Crippen LogP contribution in [0.3, 0.4) is 0 Å². The predicted molar refractivity (Wildman–Crippen MR) is 199 cm³/mol. The second-order valence-corrected chi connectivity index (χ2v) is 13.1. The lowest BCUT2D eigenvalue weighted by Crippen LogP contribution is -2.35. The van der Waals surface area contributed by atoms with Crippen LogP contribution in [0.25, 0.3) is 0 Å². The Bertz CT molecular complexity index is 1180. The lowest BCUT2D eigenvalue weighted by Gasteiger charge is -2.19. The summed E-state index contributed by atoms with van der Waals surface area (Å²) in [5, 5.41) is 8.73. The van der Waals surface area contributed by atoms with Crippen LogP contribution in [0, 0.1) is 0 Å². The summed E-state index contributed by atoms with van der Waals surface area (Å²) in [4.78, 5) is 53.5. The van der Waals surface area contributed by atoms with Crippen molar-refractivity contribution in [1.82, 2.24) is 16.0 Å². The van der Waals surface area contributed by atoms with Gasteiger partial charge in [-0.25, -0.2) is 4.79 Å². The molecule has 2 rings (SSSR count). The van der Waals surface area contributed by atoms with Crippen LogP contribution in [0.1, 0.15) is 179 Å². The number of ether oxygens (including phenoxy) is 1. The molecule has 0 aliphatic rings. The molecule has 0 saturated heterocycles. The zero-order valence-corrected chi connectivity index (χ0v) is 30.6. The molecule has 0 bridgehead atoms. The Morgan fingerprint density at radius 3 is 1.41 bits per heavy atom. The van der Waals surface area contributed by atoms with Crippen molar-refractivity contribution < 1.29 is 23.9 Å². The van der Waals surface area contributed by atoms with Crippen molar-refractivity contribution in [2.24, 2.45) is 0 Å². The Kier molecular flexibility index (Phi) is 22.2. The Hall–Kier alpha value is -3.68. The van der Waals surface area contributed by atoms with Gasteiger partial charge in [0.15, 0.2) is 6.04 Å². The minimum atomic E-state index is -1.04. The van der Waals surface area contributed by atoms with Crippen LogP contribution in [0.5, 0.6) is 0 Å². The van der Waals surface area contributed by atoms with Crippen LogP contribution in [0.4, 0.5) is 0 Å². The molecule has 0 fully saturated rings. The summed E-state index contributed by atoms with van der Waals surface area (Å²) in [5.74, 6) is -1.80. The van der Waals surface area contributed by atoms with E-state index in [0.29, 0.717) is 18.7 Å². The van der Waals surface area contributed by atoms with Gasteiger partial charge >= 0.3 is 5.97 Å². The molecule has 2 aromatic carbocycles. The van der Waals surface area contributed by atoms with Gasteiger partial charge in [-0.2, -0.15) is 0 Å². The first-order chi connectivity index (χ1) is 23.9. The Balaban J connectivity index is 2.17. The number of hydrogen-bond acceptors (Lipinski definition) is 5. The number of carbonyl (C=O) groups is 4. The Labute approximate surface area is 295 Å². The first kappa shape index (κ1) is 41.5. The fourth-order valence-corrected chi connectivity index (χ4v) is 5.72. The third-order valence-electron chi connectivity index (χ3n) is 8.74. The molecule has 0 spiro atoms. The highest BCUT2D eigenvalue weighted by molar-refractivity contribution is 6.05. The monoisotopic (exact) mass is 677 g/mol. The summed E-state index contributed by atoms with van der Waals surface area (Å²) in [6, 6.07) is 12.5. The molecule has 0 aromatic heterocycles. The number of amides is 3. The minimum Gasteiger partial charge on any atom is -0.464 e. The van der Waals surface area contributed by atoms with Crippen molar-refractivity contribution in [2.75, 3.05) is 19.7 Å². The van der Waals surface area contributed by atoms with E-state index >= 15 is 0 Å². The zero-order chi connectivity index (χ0) is 35.5. The maximum Gasteiger partial charge on any atom is 0.333 e. The third kappa shape index (κ3) is 17.5. The standard InChI is InChI=1S/C41H63N3O5/c1-4-7-10-13-16-22-27-42-38(45)34-30-35(39(46)43-28-23-17-14-11-8-5-2)32-36(31-34)40(47)44-37(33-25-20-19-21-26-33)41(48)49-29-24-18-15-12-9-6-3/h19-21,25-26,30-32,37H,4-18,22-24,27-29H2,1-3H3,(H,42,45)(H,43,46)(H,44,47)/t37-/m0/s1. The minimum absolute atomic E-state index is 0.126. The summed E-state index contributed by atoms with van der Waals surface area (Å²) in [7, 11) is 0. The maximum absolute atomic E-state index is 13.7.